The molecular formula is C48H43IrN5+. The number of para-hydroxylation sites is 1. The minimum atomic E-state index is -0.243. The van der Waals surface area contributed by atoms with Gasteiger partial charge in [0, 0.05) is 23.2 Å². The van der Waals surface area contributed by atoms with Crippen LogP contribution in [0.3, 0.4) is 0 Å². The summed E-state index contributed by atoms with van der Waals surface area (Å²) >= 11 is 0. The van der Waals surface area contributed by atoms with Crippen LogP contribution in [-0.2, 0) is 30.9 Å². The number of benzene rings is 4. The van der Waals surface area contributed by atoms with Gasteiger partial charge in [-0.15, -0.1) is 17.0 Å². The maximum absolute atomic E-state index is 5.45. The topological polar surface area (TPSA) is 47.5 Å². The van der Waals surface area contributed by atoms with Gasteiger partial charge in [0.15, 0.2) is 6.04 Å². The molecule has 268 valence electrons. The van der Waals surface area contributed by atoms with Gasteiger partial charge < -0.3 is 4.57 Å². The van der Waals surface area contributed by atoms with Crippen LogP contribution in [0.15, 0.2) is 140 Å². The maximum atomic E-state index is 5.45. The van der Waals surface area contributed by atoms with E-state index in [0.717, 1.165) is 55.7 Å². The maximum Gasteiger partial charge on any atom is 3.00 e. The number of aromatic nitrogens is 5. The third-order valence-corrected chi connectivity index (χ3v) is 10.1. The molecule has 0 aliphatic carbocycles. The molecule has 0 radical (unpaired) electrons. The number of rotatable bonds is 7. The third-order valence-electron chi connectivity index (χ3n) is 10.1. The van der Waals surface area contributed by atoms with Crippen LogP contribution in [0.2, 0.25) is 0 Å². The molecule has 0 spiro atoms. The Morgan fingerprint density at radius 3 is 2.06 bits per heavy atom. The molecule has 0 fully saturated rings. The van der Waals surface area contributed by atoms with Gasteiger partial charge in [0.25, 0.3) is 0 Å². The fourth-order valence-electron chi connectivity index (χ4n) is 7.18. The Morgan fingerprint density at radius 2 is 1.33 bits per heavy atom. The second kappa shape index (κ2) is 14.9. The minimum absolute atomic E-state index is 0. The Kier molecular flexibility index (Phi) is 10.2. The predicted molar refractivity (Wildman–Crippen MR) is 212 cm³/mol. The zero-order valence-electron chi connectivity index (χ0n) is 31.5. The quantitative estimate of drug-likeness (QED) is 0.118. The van der Waals surface area contributed by atoms with E-state index in [9.17, 15) is 0 Å². The molecule has 0 N–H and O–H groups in total. The molecule has 5 nitrogen and oxygen atoms in total. The summed E-state index contributed by atoms with van der Waals surface area (Å²) in [5, 5.41) is 7.13. The third kappa shape index (κ3) is 7.16. The molecule has 0 aliphatic rings. The first kappa shape index (κ1) is 37.0. The normalized spacial score (nSPS) is 13.1. The van der Waals surface area contributed by atoms with Gasteiger partial charge in [-0.25, -0.2) is 4.98 Å². The van der Waals surface area contributed by atoms with Crippen LogP contribution in [0, 0.1) is 18.2 Å². The summed E-state index contributed by atoms with van der Waals surface area (Å²) < 4.78 is 4.30. The smallest absolute Gasteiger partial charge is 0.319 e. The summed E-state index contributed by atoms with van der Waals surface area (Å²) in [6.07, 6.45) is 5.98. The van der Waals surface area contributed by atoms with Crippen molar-refractivity contribution in [2.24, 2.45) is 0 Å². The minimum Gasteiger partial charge on any atom is -0.319 e. The molecule has 0 saturated carbocycles. The van der Waals surface area contributed by atoms with Crippen LogP contribution in [0.1, 0.15) is 92.7 Å². The second-order valence-electron chi connectivity index (χ2n) is 15.8. The van der Waals surface area contributed by atoms with E-state index in [-0.39, 0.29) is 42.9 Å². The molecule has 6 heteroatoms. The van der Waals surface area contributed by atoms with Gasteiger partial charge in [-0.3, -0.25) is 4.98 Å². The van der Waals surface area contributed by atoms with E-state index in [1.165, 1.54) is 11.1 Å². The van der Waals surface area contributed by atoms with Crippen molar-refractivity contribution in [2.75, 3.05) is 0 Å². The van der Waals surface area contributed by atoms with Crippen molar-refractivity contribution >= 4 is 21.8 Å². The van der Waals surface area contributed by atoms with Crippen LogP contribution < -0.4 is 4.68 Å². The van der Waals surface area contributed by atoms with Crippen molar-refractivity contribution in [1.82, 2.24) is 19.6 Å². The summed E-state index contributed by atoms with van der Waals surface area (Å²) in [6, 6.07) is 52.6. The van der Waals surface area contributed by atoms with E-state index in [0.29, 0.717) is 0 Å². The molecule has 8 rings (SSSR count). The van der Waals surface area contributed by atoms with E-state index in [1.54, 1.807) is 0 Å². The Hall–Kier alpha value is -5.29. The fraction of sp³-hybridized carbons (Fsp3) is 0.208. The SMILES string of the molecule is CC(C)(C)c1ccnc([C@H](c2[c-]cccc2)c2cccc(-n3c4[c-]c(C(c5[c-]cccc5)[n+]5cc(C(C)(C)C)ccn5)ccc4c4ccccc43)n2)c1.[Ir+3]. The number of pyridine rings is 2. The summed E-state index contributed by atoms with van der Waals surface area (Å²) in [5.41, 5.74) is 9.28. The molecule has 4 aromatic heterocycles. The fourth-order valence-corrected chi connectivity index (χ4v) is 7.18. The molecular weight excluding hydrogens is 839 g/mol. The molecule has 8 aromatic rings. The number of fused-ring (bicyclic) bond motifs is 3. The van der Waals surface area contributed by atoms with Crippen molar-refractivity contribution in [3.8, 4) is 5.82 Å². The Bertz CT molecular complexity index is 2550. The average molecular weight is 882 g/mol. The Labute approximate surface area is 332 Å². The zero-order chi connectivity index (χ0) is 36.7. The van der Waals surface area contributed by atoms with Gasteiger partial charge in [0.2, 0.25) is 6.20 Å². The molecule has 4 heterocycles. The number of nitrogens with zero attached hydrogens (tertiary/aromatic N) is 5. The number of hydrogen-bond donors (Lipinski definition) is 0. The summed E-state index contributed by atoms with van der Waals surface area (Å²) in [6.45, 7) is 13.4. The largest absolute Gasteiger partial charge is 3.00 e. The molecule has 1 unspecified atom stereocenters. The molecule has 0 amide bonds. The first-order valence-electron chi connectivity index (χ1n) is 18.3. The molecule has 0 aliphatic heterocycles. The molecule has 4 aromatic carbocycles. The second-order valence-corrected chi connectivity index (χ2v) is 15.8. The van der Waals surface area contributed by atoms with Crippen LogP contribution in [0.5, 0.6) is 0 Å². The number of hydrogen-bond acceptors (Lipinski definition) is 3. The van der Waals surface area contributed by atoms with Crippen LogP contribution in [0.25, 0.3) is 27.6 Å². The Morgan fingerprint density at radius 1 is 0.630 bits per heavy atom. The molecule has 2 atom stereocenters. The van der Waals surface area contributed by atoms with Gasteiger partial charge in [0.1, 0.15) is 5.82 Å². The molecule has 0 bridgehead atoms. The van der Waals surface area contributed by atoms with Gasteiger partial charge in [0.05, 0.1) is 17.6 Å². The van der Waals surface area contributed by atoms with Crippen molar-refractivity contribution in [1.29, 1.82) is 0 Å². The van der Waals surface area contributed by atoms with Gasteiger partial charge in [-0.1, -0.05) is 87.1 Å². The first-order chi connectivity index (χ1) is 25.6. The van der Waals surface area contributed by atoms with E-state index in [2.05, 4.69) is 172 Å². The predicted octanol–water partition coefficient (Wildman–Crippen LogP) is 10.1. The van der Waals surface area contributed by atoms with E-state index < -0.39 is 0 Å². The Balaban J connectivity index is 0.00000450. The van der Waals surface area contributed by atoms with Gasteiger partial charge in [-0.2, -0.15) is 72.8 Å². The van der Waals surface area contributed by atoms with Crippen LogP contribution in [-0.4, -0.2) is 19.6 Å². The summed E-state index contributed by atoms with van der Waals surface area (Å²) in [5.74, 6) is 0.611. The van der Waals surface area contributed by atoms with Crippen molar-refractivity contribution < 1.29 is 24.8 Å². The van der Waals surface area contributed by atoms with Crippen molar-refractivity contribution in [3.63, 3.8) is 0 Å². The molecule has 0 saturated heterocycles. The average Bonchev–Trinajstić information content (AvgIpc) is 3.49. The van der Waals surface area contributed by atoms with Crippen LogP contribution >= 0.6 is 0 Å². The van der Waals surface area contributed by atoms with Crippen LogP contribution in [0.4, 0.5) is 0 Å². The molecule has 54 heavy (non-hydrogen) atoms. The van der Waals surface area contributed by atoms with Gasteiger partial charge in [-0.05, 0) is 63.3 Å². The first-order valence-corrected chi connectivity index (χ1v) is 18.3. The van der Waals surface area contributed by atoms with E-state index >= 15 is 0 Å². The monoisotopic (exact) mass is 882 g/mol. The zero-order valence-corrected chi connectivity index (χ0v) is 33.9. The van der Waals surface area contributed by atoms with Crippen molar-refractivity contribution in [2.45, 2.75) is 64.3 Å². The standard InChI is InChI=1S/C48H43N5.Ir/c1-47(2,3)36-26-28-49-41(31-36)45(33-16-9-7-10-17-33)40-21-15-23-44(51-40)53-42-22-14-13-20-38(42)39-25-24-35(30-43(39)53)46(34-18-11-8-12-19-34)52-32-37(27-29-50-52)48(4,5)6;/h7-16,18,20-29,31-32,45-46H,1-6H3;/q-2;+3/t45-,46?;/m1./s1. The van der Waals surface area contributed by atoms with E-state index in [4.69, 9.17) is 15.1 Å². The van der Waals surface area contributed by atoms with Gasteiger partial charge >= 0.3 is 20.1 Å². The summed E-state index contributed by atoms with van der Waals surface area (Å²) in [7, 11) is 0. The summed E-state index contributed by atoms with van der Waals surface area (Å²) in [4.78, 5) is 10.4. The van der Waals surface area contributed by atoms with E-state index in [1.807, 2.05) is 36.7 Å². The van der Waals surface area contributed by atoms with Crippen molar-refractivity contribution in [3.05, 3.63) is 197 Å².